The first-order valence-corrected chi connectivity index (χ1v) is 9.35. The van der Waals surface area contributed by atoms with Crippen LogP contribution in [0.2, 0.25) is 0 Å². The summed E-state index contributed by atoms with van der Waals surface area (Å²) in [7, 11) is 0. The molecule has 0 amide bonds. The monoisotopic (exact) mass is 313 g/mol. The largest absolute Gasteiger partial charge is 0.369 e. The minimum atomic E-state index is 0.964. The predicted molar refractivity (Wildman–Crippen MR) is 99.9 cm³/mol. The fraction of sp³-hybridized carbons (Fsp3) is 0.600. The number of nitrogens with one attached hydrogen (secondary N) is 1. The molecule has 1 aromatic heterocycles. The van der Waals surface area contributed by atoms with Crippen LogP contribution in [0, 0.1) is 0 Å². The standard InChI is InChI=1S/C20H31N3/c1-2-3-4-5-6-7-8-9-10-13-16-21-20-18-14-11-12-15-19(18)22-17-23-20/h11-12,14-15,17H,2-10,13,16H2,1H3,(H,21,22,23). The van der Waals surface area contributed by atoms with Crippen LogP contribution < -0.4 is 5.32 Å². The molecule has 2 rings (SSSR count). The summed E-state index contributed by atoms with van der Waals surface area (Å²) >= 11 is 0. The van der Waals surface area contributed by atoms with Gasteiger partial charge in [0.05, 0.1) is 5.52 Å². The second kappa shape index (κ2) is 11.0. The van der Waals surface area contributed by atoms with E-state index in [-0.39, 0.29) is 0 Å². The third-order valence-corrected chi connectivity index (χ3v) is 4.37. The van der Waals surface area contributed by atoms with Gasteiger partial charge in [-0.2, -0.15) is 0 Å². The van der Waals surface area contributed by atoms with E-state index in [0.29, 0.717) is 0 Å². The number of para-hydroxylation sites is 1. The summed E-state index contributed by atoms with van der Waals surface area (Å²) in [6, 6.07) is 8.16. The minimum Gasteiger partial charge on any atom is -0.369 e. The molecule has 0 fully saturated rings. The van der Waals surface area contributed by atoms with Crippen LogP contribution in [0.5, 0.6) is 0 Å². The van der Waals surface area contributed by atoms with E-state index < -0.39 is 0 Å². The van der Waals surface area contributed by atoms with Gasteiger partial charge < -0.3 is 5.32 Å². The van der Waals surface area contributed by atoms with Gasteiger partial charge in [-0.05, 0) is 18.6 Å². The van der Waals surface area contributed by atoms with Gasteiger partial charge in [-0.1, -0.05) is 76.8 Å². The van der Waals surface area contributed by atoms with E-state index in [1.807, 2.05) is 18.2 Å². The van der Waals surface area contributed by atoms with E-state index in [1.165, 1.54) is 64.2 Å². The highest BCUT2D eigenvalue weighted by Gasteiger charge is 2.01. The van der Waals surface area contributed by atoms with Crippen LogP contribution in [0.25, 0.3) is 10.9 Å². The second-order valence-corrected chi connectivity index (χ2v) is 6.35. The molecule has 0 aliphatic rings. The highest BCUT2D eigenvalue weighted by atomic mass is 15.0. The molecule has 3 heteroatoms. The van der Waals surface area contributed by atoms with Crippen molar-refractivity contribution in [2.24, 2.45) is 0 Å². The molecule has 126 valence electrons. The number of anilines is 1. The molecule has 0 bridgehead atoms. The maximum atomic E-state index is 4.37. The molecule has 0 saturated carbocycles. The summed E-state index contributed by atoms with van der Waals surface area (Å²) in [5.41, 5.74) is 1.01. The van der Waals surface area contributed by atoms with Crippen molar-refractivity contribution < 1.29 is 0 Å². The van der Waals surface area contributed by atoms with Crippen molar-refractivity contribution in [3.63, 3.8) is 0 Å². The molecule has 2 aromatic rings. The van der Waals surface area contributed by atoms with Gasteiger partial charge in [-0.15, -0.1) is 0 Å². The van der Waals surface area contributed by atoms with E-state index in [0.717, 1.165) is 23.3 Å². The van der Waals surface area contributed by atoms with Crippen LogP contribution in [0.1, 0.15) is 71.1 Å². The highest BCUT2D eigenvalue weighted by Crippen LogP contribution is 2.18. The van der Waals surface area contributed by atoms with Crippen LogP contribution in [0.4, 0.5) is 5.82 Å². The van der Waals surface area contributed by atoms with E-state index in [4.69, 9.17) is 0 Å². The summed E-state index contributed by atoms with van der Waals surface area (Å²) < 4.78 is 0. The summed E-state index contributed by atoms with van der Waals surface area (Å²) in [5, 5.41) is 4.57. The zero-order valence-electron chi connectivity index (χ0n) is 14.6. The number of hydrogen-bond acceptors (Lipinski definition) is 3. The first-order chi connectivity index (χ1) is 11.4. The van der Waals surface area contributed by atoms with Gasteiger partial charge in [0, 0.05) is 11.9 Å². The average molecular weight is 313 g/mol. The van der Waals surface area contributed by atoms with Gasteiger partial charge >= 0.3 is 0 Å². The number of hydrogen-bond donors (Lipinski definition) is 1. The topological polar surface area (TPSA) is 37.8 Å². The molecule has 0 aliphatic carbocycles. The summed E-state index contributed by atoms with van der Waals surface area (Å²) in [6.45, 7) is 3.27. The molecular formula is C20H31N3. The first kappa shape index (κ1) is 17.7. The van der Waals surface area contributed by atoms with Gasteiger partial charge in [0.15, 0.2) is 0 Å². The van der Waals surface area contributed by atoms with Gasteiger partial charge in [-0.3, -0.25) is 0 Å². The second-order valence-electron chi connectivity index (χ2n) is 6.35. The molecule has 0 saturated heterocycles. The normalized spacial score (nSPS) is 11.0. The lowest BCUT2D eigenvalue weighted by Crippen LogP contribution is -2.04. The number of nitrogens with zero attached hydrogens (tertiary/aromatic N) is 2. The zero-order valence-corrected chi connectivity index (χ0v) is 14.6. The molecule has 0 spiro atoms. The Kier molecular flexibility index (Phi) is 8.46. The maximum Gasteiger partial charge on any atom is 0.137 e. The number of aromatic nitrogens is 2. The lowest BCUT2D eigenvalue weighted by molar-refractivity contribution is 0.560. The summed E-state index contributed by atoms with van der Waals surface area (Å²) in [5.74, 6) is 0.964. The van der Waals surface area contributed by atoms with Crippen LogP contribution in [0.15, 0.2) is 30.6 Å². The molecule has 0 atom stereocenters. The lowest BCUT2D eigenvalue weighted by atomic mass is 10.1. The number of fused-ring (bicyclic) bond motifs is 1. The van der Waals surface area contributed by atoms with Crippen molar-refractivity contribution in [2.45, 2.75) is 71.1 Å². The Morgan fingerprint density at radius 3 is 2.17 bits per heavy atom. The van der Waals surface area contributed by atoms with Crippen molar-refractivity contribution in [3.8, 4) is 0 Å². The average Bonchev–Trinajstić information content (AvgIpc) is 2.60. The predicted octanol–water partition coefficient (Wildman–Crippen LogP) is 5.96. The van der Waals surface area contributed by atoms with Crippen LogP contribution >= 0.6 is 0 Å². The number of unbranched alkanes of at least 4 members (excludes halogenated alkanes) is 9. The maximum absolute atomic E-state index is 4.37. The Bertz CT molecular complexity index is 548. The molecule has 0 aliphatic heterocycles. The van der Waals surface area contributed by atoms with Crippen LogP contribution in [-0.2, 0) is 0 Å². The van der Waals surface area contributed by atoms with Gasteiger partial charge in [0.2, 0.25) is 0 Å². The van der Waals surface area contributed by atoms with E-state index >= 15 is 0 Å². The Labute approximate surface area is 140 Å². The summed E-state index contributed by atoms with van der Waals surface area (Å²) in [6.07, 6.45) is 15.4. The molecule has 0 radical (unpaired) electrons. The molecule has 1 heterocycles. The quantitative estimate of drug-likeness (QED) is 0.491. The fourth-order valence-corrected chi connectivity index (χ4v) is 2.96. The molecule has 23 heavy (non-hydrogen) atoms. The Morgan fingerprint density at radius 1 is 0.783 bits per heavy atom. The van der Waals surface area contributed by atoms with Gasteiger partial charge in [-0.25, -0.2) is 9.97 Å². The van der Waals surface area contributed by atoms with Crippen molar-refractivity contribution in [1.29, 1.82) is 0 Å². The third kappa shape index (κ3) is 6.55. The van der Waals surface area contributed by atoms with Crippen LogP contribution in [0.3, 0.4) is 0 Å². The fourth-order valence-electron chi connectivity index (χ4n) is 2.96. The lowest BCUT2D eigenvalue weighted by Gasteiger charge is -2.08. The molecule has 0 unspecified atom stereocenters. The van der Waals surface area contributed by atoms with Crippen molar-refractivity contribution in [3.05, 3.63) is 30.6 Å². The minimum absolute atomic E-state index is 0.964. The molecular weight excluding hydrogens is 282 g/mol. The van der Waals surface area contributed by atoms with Gasteiger partial charge in [0.1, 0.15) is 12.1 Å². The Hall–Kier alpha value is -1.64. The SMILES string of the molecule is CCCCCCCCCCCCNc1ncnc2ccccc12. The summed E-state index contributed by atoms with van der Waals surface area (Å²) in [4.78, 5) is 8.66. The van der Waals surface area contributed by atoms with Crippen molar-refractivity contribution in [1.82, 2.24) is 9.97 Å². The van der Waals surface area contributed by atoms with Crippen LogP contribution in [-0.4, -0.2) is 16.5 Å². The molecule has 1 aromatic carbocycles. The number of benzene rings is 1. The van der Waals surface area contributed by atoms with Crippen molar-refractivity contribution >= 4 is 16.7 Å². The smallest absolute Gasteiger partial charge is 0.137 e. The Balaban J connectivity index is 1.54. The van der Waals surface area contributed by atoms with E-state index in [2.05, 4.69) is 28.3 Å². The zero-order chi connectivity index (χ0) is 16.2. The van der Waals surface area contributed by atoms with Gasteiger partial charge in [0.25, 0.3) is 0 Å². The number of rotatable bonds is 12. The molecule has 1 N–H and O–H groups in total. The molecule has 3 nitrogen and oxygen atoms in total. The van der Waals surface area contributed by atoms with Crippen molar-refractivity contribution in [2.75, 3.05) is 11.9 Å². The third-order valence-electron chi connectivity index (χ3n) is 4.37. The van der Waals surface area contributed by atoms with E-state index in [1.54, 1.807) is 6.33 Å². The Morgan fingerprint density at radius 2 is 1.43 bits per heavy atom. The van der Waals surface area contributed by atoms with E-state index in [9.17, 15) is 0 Å². The first-order valence-electron chi connectivity index (χ1n) is 9.35. The highest BCUT2D eigenvalue weighted by molar-refractivity contribution is 5.88.